The molecule has 2 aromatic rings. The van der Waals surface area contributed by atoms with E-state index in [1.54, 1.807) is 0 Å². The van der Waals surface area contributed by atoms with Gasteiger partial charge in [-0.2, -0.15) is 0 Å². The van der Waals surface area contributed by atoms with Gasteiger partial charge in [-0.05, 0) is 13.0 Å². The van der Waals surface area contributed by atoms with Crippen molar-refractivity contribution in [1.29, 1.82) is 0 Å². The lowest BCUT2D eigenvalue weighted by Crippen LogP contribution is -1.85. The number of benzene rings is 1. The number of para-hydroxylation sites is 1. The molecule has 0 fully saturated rings. The zero-order valence-corrected chi connectivity index (χ0v) is 7.22. The van der Waals surface area contributed by atoms with Gasteiger partial charge in [0.1, 0.15) is 5.58 Å². The van der Waals surface area contributed by atoms with E-state index in [0.29, 0.717) is 0 Å². The highest BCUT2D eigenvalue weighted by molar-refractivity contribution is 5.85. The minimum Gasteiger partial charge on any atom is -0.440 e. The molecule has 1 heterocycles. The summed E-state index contributed by atoms with van der Waals surface area (Å²) in [5, 5.41) is 4.20. The van der Waals surface area contributed by atoms with Crippen LogP contribution in [0.4, 0.5) is 5.88 Å². The first-order chi connectivity index (χ1) is 5.83. The monoisotopic (exact) mass is 161 g/mol. The lowest BCUT2D eigenvalue weighted by Gasteiger charge is -1.92. The first-order valence-electron chi connectivity index (χ1n) is 3.99. The summed E-state index contributed by atoms with van der Waals surface area (Å²) in [6.45, 7) is 2.05. The second-order valence-corrected chi connectivity index (χ2v) is 2.80. The number of fused-ring (bicyclic) bond motifs is 1. The van der Waals surface area contributed by atoms with Gasteiger partial charge >= 0.3 is 0 Å². The average molecular weight is 161 g/mol. The molecule has 0 saturated carbocycles. The van der Waals surface area contributed by atoms with Crippen LogP contribution in [0.1, 0.15) is 5.56 Å². The predicted octanol–water partition coefficient (Wildman–Crippen LogP) is 2.78. The Morgan fingerprint density at radius 2 is 2.00 bits per heavy atom. The van der Waals surface area contributed by atoms with E-state index in [2.05, 4.69) is 18.3 Å². The van der Waals surface area contributed by atoms with Crippen molar-refractivity contribution in [3.63, 3.8) is 0 Å². The molecule has 1 N–H and O–H groups in total. The van der Waals surface area contributed by atoms with Crippen molar-refractivity contribution in [3.05, 3.63) is 29.8 Å². The zero-order valence-electron chi connectivity index (χ0n) is 7.22. The van der Waals surface area contributed by atoms with Crippen LogP contribution in [0.3, 0.4) is 0 Å². The third kappa shape index (κ3) is 0.881. The van der Waals surface area contributed by atoms with Crippen molar-refractivity contribution in [3.8, 4) is 0 Å². The molecule has 2 heteroatoms. The van der Waals surface area contributed by atoms with Crippen LogP contribution in [0.5, 0.6) is 0 Å². The lowest BCUT2D eigenvalue weighted by molar-refractivity contribution is 0.629. The maximum absolute atomic E-state index is 5.54. The van der Waals surface area contributed by atoms with Crippen LogP contribution in [0, 0.1) is 6.92 Å². The largest absolute Gasteiger partial charge is 0.440 e. The van der Waals surface area contributed by atoms with Gasteiger partial charge in [0.05, 0.1) is 0 Å². The lowest BCUT2D eigenvalue weighted by atomic mass is 10.2. The molecule has 12 heavy (non-hydrogen) atoms. The molecule has 0 aliphatic heterocycles. The molecule has 1 aromatic carbocycles. The Hall–Kier alpha value is -1.44. The Morgan fingerprint density at radius 1 is 1.25 bits per heavy atom. The van der Waals surface area contributed by atoms with Gasteiger partial charge < -0.3 is 9.73 Å². The van der Waals surface area contributed by atoms with Crippen LogP contribution < -0.4 is 5.32 Å². The van der Waals surface area contributed by atoms with E-state index in [-0.39, 0.29) is 0 Å². The molecule has 0 saturated heterocycles. The SMILES string of the molecule is CNc1oc2ccccc2c1C. The number of anilines is 1. The second kappa shape index (κ2) is 2.55. The van der Waals surface area contributed by atoms with E-state index in [9.17, 15) is 0 Å². The fourth-order valence-corrected chi connectivity index (χ4v) is 1.41. The number of nitrogens with one attached hydrogen (secondary N) is 1. The first-order valence-corrected chi connectivity index (χ1v) is 3.99. The van der Waals surface area contributed by atoms with Gasteiger partial charge in [0.2, 0.25) is 0 Å². The standard InChI is InChI=1S/C10H11NO/c1-7-8-5-3-4-6-9(8)12-10(7)11-2/h3-6,11H,1-2H3. The van der Waals surface area contributed by atoms with Crippen LogP contribution in [0.2, 0.25) is 0 Å². The molecule has 0 aliphatic carbocycles. The van der Waals surface area contributed by atoms with Crippen molar-refractivity contribution in [2.75, 3.05) is 12.4 Å². The normalized spacial score (nSPS) is 10.5. The van der Waals surface area contributed by atoms with E-state index >= 15 is 0 Å². The molecule has 62 valence electrons. The molecule has 0 atom stereocenters. The van der Waals surface area contributed by atoms with Crippen molar-refractivity contribution in [2.45, 2.75) is 6.92 Å². The quantitative estimate of drug-likeness (QED) is 0.695. The summed E-state index contributed by atoms with van der Waals surface area (Å²) in [5.74, 6) is 0.858. The summed E-state index contributed by atoms with van der Waals surface area (Å²) in [5.41, 5.74) is 2.12. The van der Waals surface area contributed by atoms with Gasteiger partial charge in [0.25, 0.3) is 0 Å². The highest BCUT2D eigenvalue weighted by Gasteiger charge is 2.06. The van der Waals surface area contributed by atoms with Gasteiger partial charge in [0, 0.05) is 18.0 Å². The van der Waals surface area contributed by atoms with E-state index in [1.165, 1.54) is 10.9 Å². The van der Waals surface area contributed by atoms with Gasteiger partial charge in [-0.3, -0.25) is 0 Å². The maximum Gasteiger partial charge on any atom is 0.196 e. The predicted molar refractivity (Wildman–Crippen MR) is 50.5 cm³/mol. The molecule has 1 aromatic heterocycles. The summed E-state index contributed by atoms with van der Waals surface area (Å²) >= 11 is 0. The van der Waals surface area contributed by atoms with E-state index in [1.807, 2.05) is 25.2 Å². The Balaban J connectivity index is 2.78. The summed E-state index contributed by atoms with van der Waals surface area (Å²) in [4.78, 5) is 0. The van der Waals surface area contributed by atoms with Crippen molar-refractivity contribution < 1.29 is 4.42 Å². The summed E-state index contributed by atoms with van der Waals surface area (Å²) in [7, 11) is 1.87. The Labute approximate surface area is 71.2 Å². The third-order valence-corrected chi connectivity index (χ3v) is 2.07. The van der Waals surface area contributed by atoms with E-state index in [4.69, 9.17) is 4.42 Å². The molecule has 0 aliphatic rings. The summed E-state index contributed by atoms with van der Waals surface area (Å²) < 4.78 is 5.54. The Morgan fingerprint density at radius 3 is 2.67 bits per heavy atom. The topological polar surface area (TPSA) is 25.2 Å². The average Bonchev–Trinajstić information content (AvgIpc) is 2.44. The van der Waals surface area contributed by atoms with Crippen LogP contribution in [0.15, 0.2) is 28.7 Å². The fraction of sp³-hybridized carbons (Fsp3) is 0.200. The van der Waals surface area contributed by atoms with Gasteiger partial charge in [-0.25, -0.2) is 0 Å². The van der Waals surface area contributed by atoms with E-state index < -0.39 is 0 Å². The fourth-order valence-electron chi connectivity index (χ4n) is 1.41. The third-order valence-electron chi connectivity index (χ3n) is 2.07. The molecule has 2 rings (SSSR count). The van der Waals surface area contributed by atoms with E-state index in [0.717, 1.165) is 11.5 Å². The molecular weight excluding hydrogens is 150 g/mol. The number of aryl methyl sites for hydroxylation is 1. The number of rotatable bonds is 1. The van der Waals surface area contributed by atoms with Gasteiger partial charge in [-0.1, -0.05) is 18.2 Å². The molecular formula is C10H11NO. The Kier molecular flexibility index (Phi) is 1.54. The molecule has 0 unspecified atom stereocenters. The molecule has 0 amide bonds. The summed E-state index contributed by atoms with van der Waals surface area (Å²) in [6, 6.07) is 8.03. The highest BCUT2D eigenvalue weighted by atomic mass is 16.3. The molecule has 0 bridgehead atoms. The minimum atomic E-state index is 0.858. The molecule has 0 spiro atoms. The Bertz CT molecular complexity index is 403. The van der Waals surface area contributed by atoms with Crippen molar-refractivity contribution in [1.82, 2.24) is 0 Å². The number of furan rings is 1. The second-order valence-electron chi connectivity index (χ2n) is 2.80. The van der Waals surface area contributed by atoms with Gasteiger partial charge in [0.15, 0.2) is 5.88 Å². The van der Waals surface area contributed by atoms with Crippen LogP contribution in [-0.4, -0.2) is 7.05 Å². The maximum atomic E-state index is 5.54. The first kappa shape index (κ1) is 7.22. The van der Waals surface area contributed by atoms with Gasteiger partial charge in [-0.15, -0.1) is 0 Å². The smallest absolute Gasteiger partial charge is 0.196 e. The van der Waals surface area contributed by atoms with Crippen molar-refractivity contribution >= 4 is 16.9 Å². The van der Waals surface area contributed by atoms with Crippen LogP contribution in [0.25, 0.3) is 11.0 Å². The molecule has 0 radical (unpaired) electrons. The number of hydrogen-bond acceptors (Lipinski definition) is 2. The summed E-state index contributed by atoms with van der Waals surface area (Å²) in [6.07, 6.45) is 0. The number of hydrogen-bond donors (Lipinski definition) is 1. The van der Waals surface area contributed by atoms with Crippen molar-refractivity contribution in [2.24, 2.45) is 0 Å². The van der Waals surface area contributed by atoms with Crippen LogP contribution >= 0.6 is 0 Å². The molecule has 2 nitrogen and oxygen atoms in total. The zero-order chi connectivity index (χ0) is 8.55. The highest BCUT2D eigenvalue weighted by Crippen LogP contribution is 2.27. The minimum absolute atomic E-state index is 0.858. The van der Waals surface area contributed by atoms with Crippen LogP contribution in [-0.2, 0) is 0 Å².